The number of anilines is 2. The highest BCUT2D eigenvalue weighted by molar-refractivity contribution is 5.86. The number of aromatic nitrogens is 3. The summed E-state index contributed by atoms with van der Waals surface area (Å²) in [5, 5.41) is 11.7. The van der Waals surface area contributed by atoms with Crippen molar-refractivity contribution < 1.29 is 4.39 Å². The van der Waals surface area contributed by atoms with E-state index in [2.05, 4.69) is 58.6 Å². The third-order valence-corrected chi connectivity index (χ3v) is 4.93. The van der Waals surface area contributed by atoms with Crippen molar-refractivity contribution >= 4 is 22.7 Å². The minimum absolute atomic E-state index is 0.238. The second kappa shape index (κ2) is 7.00. The summed E-state index contributed by atoms with van der Waals surface area (Å²) in [5.41, 5.74) is 8.66. The van der Waals surface area contributed by atoms with Crippen molar-refractivity contribution in [2.24, 2.45) is 0 Å². The summed E-state index contributed by atoms with van der Waals surface area (Å²) in [6, 6.07) is 15.3. The first kappa shape index (κ1) is 18.0. The van der Waals surface area contributed by atoms with Gasteiger partial charge in [0.1, 0.15) is 11.3 Å². The Morgan fingerprint density at radius 2 is 1.54 bits per heavy atom. The van der Waals surface area contributed by atoms with Gasteiger partial charge in [-0.2, -0.15) is 0 Å². The molecule has 4 rings (SSSR count). The first-order valence-electron chi connectivity index (χ1n) is 9.17. The molecular weight excluding hydrogens is 351 g/mol. The molecule has 1 aromatic heterocycles. The molecule has 3 aromatic carbocycles. The summed E-state index contributed by atoms with van der Waals surface area (Å²) in [4.78, 5) is 4.62. The molecule has 0 spiro atoms. The lowest BCUT2D eigenvalue weighted by molar-refractivity contribution is 0.619. The van der Waals surface area contributed by atoms with Gasteiger partial charge in [0.2, 0.25) is 5.95 Å². The van der Waals surface area contributed by atoms with Crippen LogP contribution in [0.4, 0.5) is 16.0 Å². The van der Waals surface area contributed by atoms with Crippen LogP contribution < -0.4 is 5.32 Å². The molecule has 0 unspecified atom stereocenters. The van der Waals surface area contributed by atoms with Crippen LogP contribution in [0.5, 0.6) is 0 Å². The molecule has 0 atom stereocenters. The zero-order valence-electron chi connectivity index (χ0n) is 16.3. The van der Waals surface area contributed by atoms with E-state index in [0.29, 0.717) is 11.5 Å². The lowest BCUT2D eigenvalue weighted by Crippen LogP contribution is -2.01. The molecular formula is C23H21FN4. The highest BCUT2D eigenvalue weighted by Gasteiger charge is 2.11. The van der Waals surface area contributed by atoms with Crippen molar-refractivity contribution in [1.82, 2.24) is 15.2 Å². The molecule has 0 aliphatic carbocycles. The van der Waals surface area contributed by atoms with Gasteiger partial charge in [0, 0.05) is 5.69 Å². The van der Waals surface area contributed by atoms with Crippen molar-refractivity contribution in [2.75, 3.05) is 5.32 Å². The van der Waals surface area contributed by atoms with Gasteiger partial charge < -0.3 is 5.32 Å². The Labute approximate surface area is 163 Å². The Morgan fingerprint density at radius 3 is 2.25 bits per heavy atom. The average molecular weight is 372 g/mol. The summed E-state index contributed by atoms with van der Waals surface area (Å²) in [6.07, 6.45) is 0. The Hall–Kier alpha value is -3.34. The Bertz CT molecular complexity index is 1180. The first-order valence-corrected chi connectivity index (χ1v) is 9.17. The maximum atomic E-state index is 13.5. The molecule has 0 aliphatic rings. The zero-order valence-corrected chi connectivity index (χ0v) is 16.3. The molecule has 140 valence electrons. The molecule has 0 aliphatic heterocycles. The Morgan fingerprint density at radius 1 is 0.786 bits per heavy atom. The quantitative estimate of drug-likeness (QED) is 0.493. The normalized spacial score (nSPS) is 11.0. The molecule has 0 saturated carbocycles. The topological polar surface area (TPSA) is 50.7 Å². The molecule has 1 N–H and O–H groups in total. The van der Waals surface area contributed by atoms with Crippen LogP contribution in [0.15, 0.2) is 48.5 Å². The molecule has 0 fully saturated rings. The number of hydrogen-bond donors (Lipinski definition) is 1. The van der Waals surface area contributed by atoms with Gasteiger partial charge in [-0.05, 0) is 91.4 Å². The third-order valence-electron chi connectivity index (χ3n) is 4.93. The van der Waals surface area contributed by atoms with Crippen molar-refractivity contribution in [2.45, 2.75) is 27.7 Å². The zero-order chi connectivity index (χ0) is 19.8. The fourth-order valence-corrected chi connectivity index (χ4v) is 3.53. The molecule has 0 bridgehead atoms. The lowest BCUT2D eigenvalue weighted by Gasteiger charge is -2.12. The maximum Gasteiger partial charge on any atom is 0.247 e. The molecule has 0 saturated heterocycles. The largest absolute Gasteiger partial charge is 0.323 e. The van der Waals surface area contributed by atoms with E-state index in [4.69, 9.17) is 0 Å². The van der Waals surface area contributed by atoms with E-state index in [1.807, 2.05) is 13.0 Å². The number of nitrogens with zero attached hydrogens (tertiary/aromatic N) is 3. The van der Waals surface area contributed by atoms with E-state index in [-0.39, 0.29) is 5.82 Å². The van der Waals surface area contributed by atoms with E-state index in [0.717, 1.165) is 27.8 Å². The number of benzene rings is 3. The molecule has 5 heteroatoms. The van der Waals surface area contributed by atoms with Crippen LogP contribution >= 0.6 is 0 Å². The van der Waals surface area contributed by atoms with Gasteiger partial charge in [-0.1, -0.05) is 18.2 Å². The summed E-state index contributed by atoms with van der Waals surface area (Å²) in [5.74, 6) is 0.152. The van der Waals surface area contributed by atoms with Crippen molar-refractivity contribution in [3.8, 4) is 11.1 Å². The maximum absolute atomic E-state index is 13.5. The van der Waals surface area contributed by atoms with Crippen molar-refractivity contribution in [1.29, 1.82) is 0 Å². The average Bonchev–Trinajstić information content (AvgIpc) is 2.65. The van der Waals surface area contributed by atoms with Crippen molar-refractivity contribution in [3.63, 3.8) is 0 Å². The van der Waals surface area contributed by atoms with Crippen LogP contribution in [0.2, 0.25) is 0 Å². The minimum atomic E-state index is -0.238. The van der Waals surface area contributed by atoms with E-state index in [1.54, 1.807) is 19.1 Å². The predicted octanol–water partition coefficient (Wildman–Crippen LogP) is 5.81. The number of rotatable bonds is 3. The number of fused-ring (bicyclic) bond motifs is 1. The smallest absolute Gasteiger partial charge is 0.247 e. The minimum Gasteiger partial charge on any atom is -0.323 e. The second-order valence-electron chi connectivity index (χ2n) is 7.15. The molecule has 0 amide bonds. The molecule has 1 heterocycles. The van der Waals surface area contributed by atoms with Crippen LogP contribution in [-0.2, 0) is 0 Å². The first-order chi connectivity index (χ1) is 13.4. The summed E-state index contributed by atoms with van der Waals surface area (Å²) in [7, 11) is 0. The lowest BCUT2D eigenvalue weighted by atomic mass is 9.94. The monoisotopic (exact) mass is 372 g/mol. The second-order valence-corrected chi connectivity index (χ2v) is 7.15. The van der Waals surface area contributed by atoms with Crippen LogP contribution in [-0.4, -0.2) is 15.2 Å². The van der Waals surface area contributed by atoms with Crippen molar-refractivity contribution in [3.05, 3.63) is 76.6 Å². The van der Waals surface area contributed by atoms with Gasteiger partial charge in [0.25, 0.3) is 0 Å². The van der Waals surface area contributed by atoms with Gasteiger partial charge in [0.05, 0.1) is 5.52 Å². The summed E-state index contributed by atoms with van der Waals surface area (Å²) in [6.45, 7) is 7.98. The molecule has 4 aromatic rings. The van der Waals surface area contributed by atoms with E-state index < -0.39 is 0 Å². The summed E-state index contributed by atoms with van der Waals surface area (Å²) < 4.78 is 13.5. The molecule has 28 heavy (non-hydrogen) atoms. The number of hydrogen-bond acceptors (Lipinski definition) is 4. The van der Waals surface area contributed by atoms with E-state index in [1.165, 1.54) is 22.8 Å². The molecule has 0 radical (unpaired) electrons. The van der Waals surface area contributed by atoms with Gasteiger partial charge >= 0.3 is 0 Å². The van der Waals surface area contributed by atoms with Gasteiger partial charge in [-0.25, -0.2) is 9.37 Å². The number of halogens is 1. The van der Waals surface area contributed by atoms with Gasteiger partial charge in [-0.3, -0.25) is 0 Å². The molecule has 4 nitrogen and oxygen atoms in total. The van der Waals surface area contributed by atoms with Crippen LogP contribution in [0.1, 0.15) is 22.3 Å². The predicted molar refractivity (Wildman–Crippen MR) is 111 cm³/mol. The third kappa shape index (κ3) is 3.31. The van der Waals surface area contributed by atoms with Gasteiger partial charge in [0.15, 0.2) is 0 Å². The number of aryl methyl sites for hydroxylation is 4. The number of nitrogens with one attached hydrogen (secondary N) is 1. The van der Waals surface area contributed by atoms with Gasteiger partial charge in [-0.15, -0.1) is 10.2 Å². The van der Waals surface area contributed by atoms with Crippen LogP contribution in [0.25, 0.3) is 22.2 Å². The highest BCUT2D eigenvalue weighted by Crippen LogP contribution is 2.31. The fraction of sp³-hybridized carbons (Fsp3) is 0.174. The fourth-order valence-electron chi connectivity index (χ4n) is 3.53. The summed E-state index contributed by atoms with van der Waals surface area (Å²) >= 11 is 0. The van der Waals surface area contributed by atoms with Crippen LogP contribution in [0, 0.1) is 33.5 Å². The Kier molecular flexibility index (Phi) is 4.51. The highest BCUT2D eigenvalue weighted by atomic mass is 19.1. The van der Waals surface area contributed by atoms with E-state index >= 15 is 0 Å². The SMILES string of the molecule is Cc1cc(Nc2nnc3cc(-c4c(C)cccc4C)cc(C)c3n2)ccc1F. The Balaban J connectivity index is 1.75. The van der Waals surface area contributed by atoms with E-state index in [9.17, 15) is 4.39 Å². The van der Waals surface area contributed by atoms with Crippen LogP contribution in [0.3, 0.4) is 0 Å². The standard InChI is InChI=1S/C23H21FN4/c1-13-6-5-7-14(2)21(13)17-10-16(4)22-20(12-17)27-28-23(26-22)25-18-8-9-19(24)15(3)11-18/h5-12H,1-4H3,(H,25,26,28).